The molecule has 3 nitrogen and oxygen atoms in total. The highest BCUT2D eigenvalue weighted by Gasteiger charge is 2.39. The first-order valence-electron chi connectivity index (χ1n) is 6.94. The minimum atomic E-state index is -1.97. The summed E-state index contributed by atoms with van der Waals surface area (Å²) in [6, 6.07) is 7.80. The minimum Gasteiger partial charge on any atom is -0.543 e. The topological polar surface area (TPSA) is 42.1 Å². The summed E-state index contributed by atoms with van der Waals surface area (Å²) in [6.07, 6.45) is 0. The van der Waals surface area contributed by atoms with Crippen LogP contribution in [0.1, 0.15) is 26.3 Å². The van der Waals surface area contributed by atoms with E-state index in [0.29, 0.717) is 5.56 Å². The van der Waals surface area contributed by atoms with Crippen LogP contribution in [0.3, 0.4) is 0 Å². The third-order valence-corrected chi connectivity index (χ3v) is 8.59. The van der Waals surface area contributed by atoms with Gasteiger partial charge in [-0.2, -0.15) is 0 Å². The Bertz CT molecular complexity index is 696. The first-order chi connectivity index (χ1) is 9.13. The zero-order chi connectivity index (χ0) is 15.1. The second kappa shape index (κ2) is 4.77. The molecule has 0 amide bonds. The number of fused-ring (bicyclic) bond motifs is 1. The molecule has 0 bridgehead atoms. The van der Waals surface area contributed by atoms with Crippen LogP contribution in [0.2, 0.25) is 18.1 Å². The van der Waals surface area contributed by atoms with E-state index in [-0.39, 0.29) is 10.6 Å². The molecule has 20 heavy (non-hydrogen) atoms. The molecule has 1 N–H and O–H groups in total. The average molecular weight is 289 g/mol. The summed E-state index contributed by atoms with van der Waals surface area (Å²) in [4.78, 5) is 15.0. The van der Waals surface area contributed by atoms with Crippen LogP contribution in [0.4, 0.5) is 0 Å². The molecule has 0 fully saturated rings. The fraction of sp³-hybridized carbons (Fsp3) is 0.438. The second-order valence-corrected chi connectivity index (χ2v) is 11.5. The number of hydrogen-bond acceptors (Lipinski definition) is 2. The molecule has 1 aromatic carbocycles. The standard InChI is InChI=1S/C16H23NO2Si/c1-11-14(19-20(5,6)16(2,3)4)12-9-7-8-10-13(12)17-15(11)18/h7-10H,1-6H3,(H,17,18). The smallest absolute Gasteiger partial charge is 0.255 e. The van der Waals surface area contributed by atoms with Crippen LogP contribution in [0.25, 0.3) is 10.9 Å². The molecule has 2 aromatic rings. The lowest BCUT2D eigenvalue weighted by atomic mass is 10.1. The van der Waals surface area contributed by atoms with E-state index in [1.165, 1.54) is 0 Å². The van der Waals surface area contributed by atoms with Crippen LogP contribution in [0.5, 0.6) is 5.75 Å². The van der Waals surface area contributed by atoms with E-state index in [0.717, 1.165) is 16.7 Å². The lowest BCUT2D eigenvalue weighted by Crippen LogP contribution is -2.44. The van der Waals surface area contributed by atoms with Gasteiger partial charge in [0.2, 0.25) is 0 Å². The molecule has 108 valence electrons. The summed E-state index contributed by atoms with van der Waals surface area (Å²) in [6.45, 7) is 12.8. The Morgan fingerprint density at radius 2 is 1.75 bits per heavy atom. The number of rotatable bonds is 2. The van der Waals surface area contributed by atoms with Crippen molar-refractivity contribution in [3.05, 3.63) is 40.2 Å². The number of H-pyrrole nitrogens is 1. The van der Waals surface area contributed by atoms with Crippen molar-refractivity contribution in [1.82, 2.24) is 4.98 Å². The highest BCUT2D eigenvalue weighted by molar-refractivity contribution is 6.74. The summed E-state index contributed by atoms with van der Waals surface area (Å²) in [5.41, 5.74) is 1.42. The van der Waals surface area contributed by atoms with Gasteiger partial charge in [0.25, 0.3) is 13.9 Å². The maximum Gasteiger partial charge on any atom is 0.255 e. The van der Waals surface area contributed by atoms with Gasteiger partial charge in [0.05, 0.1) is 11.1 Å². The first-order valence-corrected chi connectivity index (χ1v) is 9.85. The van der Waals surface area contributed by atoms with Crippen LogP contribution in [0, 0.1) is 6.92 Å². The predicted octanol–water partition coefficient (Wildman–Crippen LogP) is 4.22. The maximum atomic E-state index is 12.1. The zero-order valence-electron chi connectivity index (χ0n) is 13.1. The average Bonchev–Trinajstić information content (AvgIpc) is 2.33. The van der Waals surface area contributed by atoms with Gasteiger partial charge < -0.3 is 9.41 Å². The molecule has 0 saturated carbocycles. The summed E-state index contributed by atoms with van der Waals surface area (Å²) < 4.78 is 6.41. The lowest BCUT2D eigenvalue weighted by molar-refractivity contribution is 0.492. The van der Waals surface area contributed by atoms with Gasteiger partial charge in [0.1, 0.15) is 5.75 Å². The quantitative estimate of drug-likeness (QED) is 0.841. The molecule has 0 radical (unpaired) electrons. The van der Waals surface area contributed by atoms with E-state index in [1.807, 2.05) is 31.2 Å². The fourth-order valence-corrected chi connectivity index (χ4v) is 2.93. The van der Waals surface area contributed by atoms with Crippen molar-refractivity contribution in [2.45, 2.75) is 45.8 Å². The van der Waals surface area contributed by atoms with Gasteiger partial charge in [-0.05, 0) is 37.2 Å². The van der Waals surface area contributed by atoms with Gasteiger partial charge in [-0.15, -0.1) is 0 Å². The van der Waals surface area contributed by atoms with Gasteiger partial charge in [0, 0.05) is 5.39 Å². The molecular formula is C16H23NO2Si. The number of hydrogen-bond donors (Lipinski definition) is 1. The molecule has 0 atom stereocenters. The van der Waals surface area contributed by atoms with E-state index in [9.17, 15) is 4.79 Å². The highest BCUT2D eigenvalue weighted by Crippen LogP contribution is 2.39. The van der Waals surface area contributed by atoms with Crippen molar-refractivity contribution in [3.63, 3.8) is 0 Å². The number of para-hydroxylation sites is 1. The third kappa shape index (κ3) is 2.52. The number of nitrogens with one attached hydrogen (secondary N) is 1. The van der Waals surface area contributed by atoms with E-state index in [4.69, 9.17) is 4.43 Å². The third-order valence-electron chi connectivity index (χ3n) is 4.26. The van der Waals surface area contributed by atoms with Gasteiger partial charge >= 0.3 is 0 Å². The molecule has 0 aliphatic rings. The van der Waals surface area contributed by atoms with Crippen molar-refractivity contribution in [2.75, 3.05) is 0 Å². The first kappa shape index (κ1) is 14.8. The number of aromatic nitrogens is 1. The zero-order valence-corrected chi connectivity index (χ0v) is 14.1. The van der Waals surface area contributed by atoms with Crippen LogP contribution < -0.4 is 9.99 Å². The largest absolute Gasteiger partial charge is 0.543 e. The van der Waals surface area contributed by atoms with Crippen molar-refractivity contribution in [2.24, 2.45) is 0 Å². The van der Waals surface area contributed by atoms with Crippen LogP contribution >= 0.6 is 0 Å². The Morgan fingerprint density at radius 1 is 1.15 bits per heavy atom. The lowest BCUT2D eigenvalue weighted by Gasteiger charge is -2.37. The highest BCUT2D eigenvalue weighted by atomic mass is 28.4. The van der Waals surface area contributed by atoms with E-state index >= 15 is 0 Å². The van der Waals surface area contributed by atoms with Gasteiger partial charge in [0.15, 0.2) is 0 Å². The summed E-state index contributed by atoms with van der Waals surface area (Å²) in [5, 5.41) is 1.08. The molecule has 0 aliphatic heterocycles. The van der Waals surface area contributed by atoms with Gasteiger partial charge in [-0.25, -0.2) is 0 Å². The van der Waals surface area contributed by atoms with Crippen LogP contribution in [-0.2, 0) is 0 Å². The van der Waals surface area contributed by atoms with Crippen molar-refractivity contribution < 1.29 is 4.43 Å². The predicted molar refractivity (Wildman–Crippen MR) is 87.1 cm³/mol. The maximum absolute atomic E-state index is 12.1. The Morgan fingerprint density at radius 3 is 2.35 bits per heavy atom. The number of benzene rings is 1. The molecule has 4 heteroatoms. The van der Waals surface area contributed by atoms with Gasteiger partial charge in [-0.3, -0.25) is 4.79 Å². The Kier molecular flexibility index (Phi) is 3.54. The number of aromatic amines is 1. The normalized spacial score (nSPS) is 12.7. The van der Waals surface area contributed by atoms with Crippen molar-refractivity contribution in [1.29, 1.82) is 0 Å². The second-order valence-electron chi connectivity index (χ2n) is 6.82. The van der Waals surface area contributed by atoms with Crippen LogP contribution in [-0.4, -0.2) is 13.3 Å². The van der Waals surface area contributed by atoms with E-state index < -0.39 is 8.32 Å². The van der Waals surface area contributed by atoms with Crippen molar-refractivity contribution >= 4 is 19.2 Å². The molecule has 0 spiro atoms. The molecule has 0 saturated heterocycles. The Balaban J connectivity index is 2.65. The molecule has 1 aromatic heterocycles. The Labute approximate surface area is 121 Å². The van der Waals surface area contributed by atoms with E-state index in [1.54, 1.807) is 0 Å². The summed E-state index contributed by atoms with van der Waals surface area (Å²) >= 11 is 0. The van der Waals surface area contributed by atoms with E-state index in [2.05, 4.69) is 38.8 Å². The molecular weight excluding hydrogens is 266 g/mol. The van der Waals surface area contributed by atoms with Gasteiger partial charge in [-0.1, -0.05) is 32.9 Å². The summed E-state index contributed by atoms with van der Waals surface area (Å²) in [7, 11) is -1.97. The molecule has 0 aliphatic carbocycles. The van der Waals surface area contributed by atoms with Crippen LogP contribution in [0.15, 0.2) is 29.1 Å². The number of pyridine rings is 1. The fourth-order valence-electron chi connectivity index (χ4n) is 1.85. The Hall–Kier alpha value is -1.55. The molecule has 1 heterocycles. The molecule has 2 rings (SSSR count). The molecule has 0 unspecified atom stereocenters. The van der Waals surface area contributed by atoms with Crippen molar-refractivity contribution in [3.8, 4) is 5.75 Å². The summed E-state index contributed by atoms with van der Waals surface area (Å²) in [5.74, 6) is 0.746. The monoisotopic (exact) mass is 289 g/mol. The SMILES string of the molecule is Cc1c(O[Si](C)(C)C(C)(C)C)c2ccccc2[nH]c1=O. The minimum absolute atomic E-state index is 0.0718.